The lowest BCUT2D eigenvalue weighted by Crippen LogP contribution is -2.25. The molecule has 1 heterocycles. The van der Waals surface area contributed by atoms with Crippen LogP contribution in [0, 0.1) is 47.3 Å². The van der Waals surface area contributed by atoms with Gasteiger partial charge in [0.1, 0.15) is 6.10 Å². The van der Waals surface area contributed by atoms with E-state index in [1.807, 2.05) is 0 Å². The number of hydrogen-bond acceptors (Lipinski definition) is 3. The van der Waals surface area contributed by atoms with Gasteiger partial charge in [-0.3, -0.25) is 0 Å². The first-order chi connectivity index (χ1) is 22.1. The molecule has 1 saturated heterocycles. The van der Waals surface area contributed by atoms with Gasteiger partial charge in [-0.2, -0.15) is 0 Å². The maximum Gasteiger partial charge on any atom is 0.104 e. The first kappa shape index (κ1) is 43.9. The van der Waals surface area contributed by atoms with Crippen LogP contribution >= 0.6 is 0 Å². The molecule has 0 aliphatic carbocycles. The molecule has 0 radical (unpaired) electrons. The van der Waals surface area contributed by atoms with E-state index >= 15 is 0 Å². The van der Waals surface area contributed by atoms with Crippen molar-refractivity contribution in [2.75, 3.05) is 26.4 Å². The smallest absolute Gasteiger partial charge is 0.104 e. The van der Waals surface area contributed by atoms with Gasteiger partial charge in [0.05, 0.1) is 13.2 Å². The predicted molar refractivity (Wildman–Crippen MR) is 203 cm³/mol. The minimum atomic E-state index is -0.183. The van der Waals surface area contributed by atoms with Crippen molar-refractivity contribution >= 4 is 0 Å². The van der Waals surface area contributed by atoms with Crippen molar-refractivity contribution < 1.29 is 14.6 Å². The Kier molecular flexibility index (Phi) is 27.4. The summed E-state index contributed by atoms with van der Waals surface area (Å²) in [4.78, 5) is 0. The average Bonchev–Trinajstić information content (AvgIpc) is 3.00. The summed E-state index contributed by atoms with van der Waals surface area (Å²) >= 11 is 0. The van der Waals surface area contributed by atoms with Gasteiger partial charge in [0.15, 0.2) is 0 Å². The summed E-state index contributed by atoms with van der Waals surface area (Å²) in [5, 5.41) is 9.79. The highest BCUT2D eigenvalue weighted by molar-refractivity contribution is 4.65. The van der Waals surface area contributed by atoms with Crippen LogP contribution in [-0.2, 0) is 9.47 Å². The molecule has 1 fully saturated rings. The molecule has 0 spiro atoms. The van der Waals surface area contributed by atoms with Crippen LogP contribution in [0.1, 0.15) is 197 Å². The Morgan fingerprint density at radius 3 is 0.935 bits per heavy atom. The van der Waals surface area contributed by atoms with Crippen molar-refractivity contribution in [2.45, 2.75) is 203 Å². The van der Waals surface area contributed by atoms with Crippen molar-refractivity contribution in [3.05, 3.63) is 0 Å². The Balaban J connectivity index is 2.46. The van der Waals surface area contributed by atoms with E-state index in [2.05, 4.69) is 55.4 Å². The maximum atomic E-state index is 9.79. The van der Waals surface area contributed by atoms with Gasteiger partial charge < -0.3 is 14.6 Å². The Hall–Kier alpha value is -0.120. The summed E-state index contributed by atoms with van der Waals surface area (Å²) in [6.45, 7) is 21.8. The van der Waals surface area contributed by atoms with E-state index in [-0.39, 0.29) is 12.7 Å². The normalized spacial score (nSPS) is 36.1. The fourth-order valence-electron chi connectivity index (χ4n) is 7.70. The highest BCUT2D eigenvalue weighted by atomic mass is 16.5. The minimum Gasteiger partial charge on any atom is -0.394 e. The molecule has 0 amide bonds. The second-order valence-corrected chi connectivity index (χ2v) is 17.3. The predicted octanol–water partition coefficient (Wildman–Crippen LogP) is 13.1. The molecule has 0 aromatic heterocycles. The van der Waals surface area contributed by atoms with Crippen molar-refractivity contribution in [3.8, 4) is 0 Å². The molecule has 276 valence electrons. The lowest BCUT2D eigenvalue weighted by atomic mass is 9.88. The molecule has 0 aromatic rings. The molecular formula is C43H86O3. The number of aliphatic hydroxyl groups excluding tert-OH is 1. The van der Waals surface area contributed by atoms with Crippen LogP contribution in [0.2, 0.25) is 0 Å². The van der Waals surface area contributed by atoms with E-state index in [4.69, 9.17) is 9.47 Å². The zero-order valence-electron chi connectivity index (χ0n) is 32.8. The van der Waals surface area contributed by atoms with Gasteiger partial charge in [0.25, 0.3) is 0 Å². The summed E-state index contributed by atoms with van der Waals surface area (Å²) in [6.07, 6.45) is 29.9. The molecule has 0 aromatic carbocycles. The molecule has 3 heteroatoms. The van der Waals surface area contributed by atoms with Crippen LogP contribution in [0.25, 0.3) is 0 Å². The summed E-state index contributed by atoms with van der Waals surface area (Å²) in [5.74, 6) is 6.66. The van der Waals surface area contributed by atoms with Gasteiger partial charge in [0.2, 0.25) is 0 Å². The molecule has 1 aliphatic rings. The van der Waals surface area contributed by atoms with E-state index in [1.54, 1.807) is 0 Å². The number of hydrogen-bond donors (Lipinski definition) is 1. The fourth-order valence-corrected chi connectivity index (χ4v) is 7.70. The second-order valence-electron chi connectivity index (χ2n) is 17.3. The molecule has 3 nitrogen and oxygen atoms in total. The monoisotopic (exact) mass is 651 g/mol. The van der Waals surface area contributed by atoms with E-state index in [1.165, 1.54) is 128 Å². The van der Waals surface area contributed by atoms with Crippen LogP contribution in [0.5, 0.6) is 0 Å². The third kappa shape index (κ3) is 25.8. The zero-order valence-corrected chi connectivity index (χ0v) is 32.8. The van der Waals surface area contributed by atoms with Crippen molar-refractivity contribution in [3.63, 3.8) is 0 Å². The lowest BCUT2D eigenvalue weighted by molar-refractivity contribution is -0.0471. The molecule has 46 heavy (non-hydrogen) atoms. The molecule has 1 rings (SSSR count). The first-order valence-electron chi connectivity index (χ1n) is 20.9. The molecule has 1 N–H and O–H groups in total. The molecular weight excluding hydrogens is 564 g/mol. The third-order valence-electron chi connectivity index (χ3n) is 11.7. The largest absolute Gasteiger partial charge is 0.394 e. The average molecular weight is 651 g/mol. The lowest BCUT2D eigenvalue weighted by Gasteiger charge is -2.19. The highest BCUT2D eigenvalue weighted by Gasteiger charge is 2.14. The summed E-state index contributed by atoms with van der Waals surface area (Å²) in [7, 11) is 0. The van der Waals surface area contributed by atoms with Crippen LogP contribution in [-0.4, -0.2) is 37.6 Å². The van der Waals surface area contributed by atoms with Crippen LogP contribution < -0.4 is 0 Å². The Bertz CT molecular complexity index is 652. The summed E-state index contributed by atoms with van der Waals surface area (Å²) in [6, 6.07) is 0. The molecule has 1 aliphatic heterocycles. The molecule has 0 saturated carbocycles. The van der Waals surface area contributed by atoms with Gasteiger partial charge >= 0.3 is 0 Å². The van der Waals surface area contributed by atoms with E-state index < -0.39 is 0 Å². The molecule has 9 atom stereocenters. The Morgan fingerprint density at radius 2 is 0.630 bits per heavy atom. The molecule has 0 bridgehead atoms. The fraction of sp³-hybridized carbons (Fsp3) is 1.00. The van der Waals surface area contributed by atoms with Gasteiger partial charge in [-0.25, -0.2) is 0 Å². The van der Waals surface area contributed by atoms with E-state index in [9.17, 15) is 5.11 Å². The third-order valence-corrected chi connectivity index (χ3v) is 11.7. The van der Waals surface area contributed by atoms with Gasteiger partial charge in [0, 0.05) is 13.2 Å². The van der Waals surface area contributed by atoms with Crippen molar-refractivity contribution in [1.82, 2.24) is 0 Å². The number of rotatable bonds is 1. The van der Waals surface area contributed by atoms with Gasteiger partial charge in [-0.05, 0) is 60.2 Å². The number of ether oxygens (including phenoxy) is 2. The van der Waals surface area contributed by atoms with Crippen LogP contribution in [0.3, 0.4) is 0 Å². The first-order valence-corrected chi connectivity index (χ1v) is 20.9. The zero-order chi connectivity index (χ0) is 34.0. The van der Waals surface area contributed by atoms with Crippen LogP contribution in [0.15, 0.2) is 0 Å². The Labute approximate surface area is 290 Å². The standard InChI is InChI=1S/C43H86O3/c1-35-15-9-17-37(3)21-13-25-41(7)29-31-45-34-43(33-44)46-32-30-42(8)26-14-22-38(4)18-10-16-36(2)20-12-24-40(6)28-27-39(5)23-11-19-35/h35-44H,9-34H2,1-8H3/t35-,36-,37+,38+,39-,40-,41+,42+,43+/m0/s1. The van der Waals surface area contributed by atoms with Gasteiger partial charge in [-0.15, -0.1) is 0 Å². The van der Waals surface area contributed by atoms with E-state index in [0.717, 1.165) is 61.6 Å². The summed E-state index contributed by atoms with van der Waals surface area (Å²) < 4.78 is 12.0. The highest BCUT2D eigenvalue weighted by Crippen LogP contribution is 2.27. The Morgan fingerprint density at radius 1 is 0.370 bits per heavy atom. The van der Waals surface area contributed by atoms with Crippen molar-refractivity contribution in [2.24, 2.45) is 47.3 Å². The topological polar surface area (TPSA) is 38.7 Å². The second kappa shape index (κ2) is 28.7. The molecule has 0 unspecified atom stereocenters. The SMILES string of the molecule is C[C@@H]1CCC[C@H](C)CCC[C@H](C)CC[C@@H](C)CCC[C@@H](C)CCC[C@@H](C)CCC[C@@H](C)CCO[C@H](CO)COCC[C@H](C)CCC1. The number of aliphatic hydroxyl groups is 1. The quantitative estimate of drug-likeness (QED) is 0.307. The minimum absolute atomic E-state index is 0.0507. The van der Waals surface area contributed by atoms with Gasteiger partial charge in [-0.1, -0.05) is 184 Å². The van der Waals surface area contributed by atoms with E-state index in [0.29, 0.717) is 18.4 Å². The summed E-state index contributed by atoms with van der Waals surface area (Å²) in [5.41, 5.74) is 0. The maximum absolute atomic E-state index is 9.79. The van der Waals surface area contributed by atoms with Crippen LogP contribution in [0.4, 0.5) is 0 Å². The van der Waals surface area contributed by atoms with Crippen molar-refractivity contribution in [1.29, 1.82) is 0 Å².